The van der Waals surface area contributed by atoms with Gasteiger partial charge in [0.1, 0.15) is 11.5 Å². The number of nitrogens with one attached hydrogen (secondary N) is 1. The average Bonchev–Trinajstić information content (AvgIpc) is 2.48. The molecule has 7 nitrogen and oxygen atoms in total. The van der Waals surface area contributed by atoms with Gasteiger partial charge < -0.3 is 16.2 Å². The van der Waals surface area contributed by atoms with Gasteiger partial charge in [-0.1, -0.05) is 13.3 Å². The van der Waals surface area contributed by atoms with E-state index in [1.54, 1.807) is 0 Å². The number of anilines is 2. The number of nitrogens with two attached hydrogens (primary N) is 1. The molecule has 0 aliphatic carbocycles. The molecule has 120 valence electrons. The number of rotatable bonds is 9. The first-order chi connectivity index (χ1) is 10.0. The molecule has 0 bridgehead atoms. The predicted molar refractivity (Wildman–Crippen MR) is 84.7 cm³/mol. The van der Waals surface area contributed by atoms with Crippen molar-refractivity contribution in [3.05, 3.63) is 20.8 Å². The molecule has 21 heavy (non-hydrogen) atoms. The van der Waals surface area contributed by atoms with Crippen LogP contribution in [0.3, 0.4) is 0 Å². The zero-order valence-electron chi connectivity index (χ0n) is 12.9. The quantitative estimate of drug-likeness (QED) is 0.576. The van der Waals surface area contributed by atoms with Gasteiger partial charge >= 0.3 is 5.69 Å². The zero-order valence-corrected chi connectivity index (χ0v) is 12.9. The lowest BCUT2D eigenvalue weighted by Gasteiger charge is -2.15. The Morgan fingerprint density at radius 1 is 1.19 bits per heavy atom. The number of nitrogens with zero attached hydrogens (tertiary/aromatic N) is 2. The lowest BCUT2D eigenvalue weighted by Crippen LogP contribution is -2.40. The molecule has 0 aromatic carbocycles. The summed E-state index contributed by atoms with van der Waals surface area (Å²) in [6.45, 7) is 3.30. The number of hydrogen-bond donors (Lipinski definition) is 3. The van der Waals surface area contributed by atoms with Crippen molar-refractivity contribution >= 4 is 11.5 Å². The number of unbranched alkanes of at least 4 members (excludes halogenated alkanes) is 3. The number of hydrogen-bond acceptors (Lipinski definition) is 5. The monoisotopic (exact) mass is 298 g/mol. The fourth-order valence-electron chi connectivity index (χ4n) is 2.11. The van der Waals surface area contributed by atoms with Crippen molar-refractivity contribution in [1.82, 2.24) is 9.13 Å². The summed E-state index contributed by atoms with van der Waals surface area (Å²) < 4.78 is 2.53. The maximum atomic E-state index is 12.1. The number of aliphatic hydroxyl groups is 1. The largest absolute Gasteiger partial charge is 0.396 e. The molecule has 0 fully saturated rings. The van der Waals surface area contributed by atoms with E-state index in [9.17, 15) is 9.59 Å². The first-order valence-electron chi connectivity index (χ1n) is 7.48. The van der Waals surface area contributed by atoms with Gasteiger partial charge in [-0.3, -0.25) is 13.9 Å². The normalized spacial score (nSPS) is 10.8. The Labute approximate surface area is 124 Å². The molecule has 0 atom stereocenters. The molecule has 0 saturated carbocycles. The highest BCUT2D eigenvalue weighted by Crippen LogP contribution is 2.12. The van der Waals surface area contributed by atoms with E-state index < -0.39 is 5.56 Å². The lowest BCUT2D eigenvalue weighted by molar-refractivity contribution is 0.283. The molecule has 0 aliphatic heterocycles. The van der Waals surface area contributed by atoms with Crippen LogP contribution < -0.4 is 22.3 Å². The molecule has 0 unspecified atom stereocenters. The molecule has 1 aromatic rings. The average molecular weight is 298 g/mol. The zero-order chi connectivity index (χ0) is 15.8. The molecule has 1 aromatic heterocycles. The Kier molecular flexibility index (Phi) is 7.01. The van der Waals surface area contributed by atoms with Crippen LogP contribution in [0.2, 0.25) is 0 Å². The Bertz CT molecular complexity index is 563. The number of aromatic nitrogens is 2. The molecular formula is C14H26N4O3. The fraction of sp³-hybridized carbons (Fsp3) is 0.714. The van der Waals surface area contributed by atoms with E-state index in [0.29, 0.717) is 13.1 Å². The summed E-state index contributed by atoms with van der Waals surface area (Å²) in [6.07, 6.45) is 4.22. The molecule has 0 saturated heterocycles. The van der Waals surface area contributed by atoms with Crippen molar-refractivity contribution in [3.8, 4) is 0 Å². The molecule has 1 heterocycles. The van der Waals surface area contributed by atoms with Crippen LogP contribution in [0.15, 0.2) is 9.59 Å². The van der Waals surface area contributed by atoms with Crippen molar-refractivity contribution in [2.75, 3.05) is 24.2 Å². The first kappa shape index (κ1) is 17.3. The maximum absolute atomic E-state index is 12.1. The standard InChI is InChI=1S/C14H26N4O3/c1-3-4-9-18-12(15)11(13(20)17(2)14(18)21)16-8-6-5-7-10-19/h16,19H,3-10,15H2,1-2H3. The Morgan fingerprint density at radius 3 is 2.52 bits per heavy atom. The highest BCUT2D eigenvalue weighted by Gasteiger charge is 2.14. The second-order valence-electron chi connectivity index (χ2n) is 5.12. The van der Waals surface area contributed by atoms with Crippen molar-refractivity contribution in [2.24, 2.45) is 7.05 Å². The van der Waals surface area contributed by atoms with Gasteiger partial charge in [-0.15, -0.1) is 0 Å². The minimum Gasteiger partial charge on any atom is -0.396 e. The summed E-state index contributed by atoms with van der Waals surface area (Å²) in [7, 11) is 1.46. The minimum atomic E-state index is -0.396. The van der Waals surface area contributed by atoms with Crippen molar-refractivity contribution in [3.63, 3.8) is 0 Å². The smallest absolute Gasteiger partial charge is 0.332 e. The number of nitrogen functional groups attached to an aromatic ring is 1. The Balaban J connectivity index is 2.94. The molecular weight excluding hydrogens is 272 g/mol. The molecule has 4 N–H and O–H groups in total. The van der Waals surface area contributed by atoms with Crippen LogP contribution in [0.25, 0.3) is 0 Å². The third kappa shape index (κ3) is 4.35. The highest BCUT2D eigenvalue weighted by molar-refractivity contribution is 5.60. The van der Waals surface area contributed by atoms with E-state index in [1.165, 1.54) is 11.6 Å². The van der Waals surface area contributed by atoms with Crippen molar-refractivity contribution in [2.45, 2.75) is 45.6 Å². The van der Waals surface area contributed by atoms with Gasteiger partial charge in [-0.05, 0) is 25.7 Å². The van der Waals surface area contributed by atoms with E-state index in [2.05, 4.69) is 5.32 Å². The van der Waals surface area contributed by atoms with Crippen LogP contribution in [0.4, 0.5) is 11.5 Å². The van der Waals surface area contributed by atoms with Crippen LogP contribution in [0, 0.1) is 0 Å². The van der Waals surface area contributed by atoms with Gasteiger partial charge in [-0.2, -0.15) is 0 Å². The third-order valence-electron chi connectivity index (χ3n) is 3.46. The highest BCUT2D eigenvalue weighted by atomic mass is 16.3. The predicted octanol–water partition coefficient (Wildman–Crippen LogP) is 0.504. The van der Waals surface area contributed by atoms with Crippen LogP contribution >= 0.6 is 0 Å². The van der Waals surface area contributed by atoms with E-state index in [1.807, 2.05) is 6.92 Å². The second kappa shape index (κ2) is 8.51. The van der Waals surface area contributed by atoms with Crippen molar-refractivity contribution < 1.29 is 5.11 Å². The minimum absolute atomic E-state index is 0.172. The van der Waals surface area contributed by atoms with E-state index in [-0.39, 0.29) is 23.8 Å². The van der Waals surface area contributed by atoms with Gasteiger partial charge in [0.25, 0.3) is 5.56 Å². The van der Waals surface area contributed by atoms with E-state index in [4.69, 9.17) is 10.8 Å². The maximum Gasteiger partial charge on any atom is 0.332 e. The Hall–Kier alpha value is -1.76. The Morgan fingerprint density at radius 2 is 1.90 bits per heavy atom. The second-order valence-corrected chi connectivity index (χ2v) is 5.12. The summed E-state index contributed by atoms with van der Waals surface area (Å²) in [5.41, 5.74) is 5.50. The summed E-state index contributed by atoms with van der Waals surface area (Å²) in [5, 5.41) is 11.8. The number of aliphatic hydroxyl groups excluding tert-OH is 1. The van der Waals surface area contributed by atoms with Gasteiger partial charge in [0.05, 0.1) is 0 Å². The van der Waals surface area contributed by atoms with Gasteiger partial charge in [0.2, 0.25) is 0 Å². The summed E-state index contributed by atoms with van der Waals surface area (Å²) in [6, 6.07) is 0. The van der Waals surface area contributed by atoms with Crippen LogP contribution in [0.5, 0.6) is 0 Å². The summed E-state index contributed by atoms with van der Waals surface area (Å²) in [4.78, 5) is 24.2. The molecule has 0 aliphatic rings. The van der Waals surface area contributed by atoms with Gasteiger partial charge in [0.15, 0.2) is 0 Å². The molecule has 0 spiro atoms. The van der Waals surface area contributed by atoms with Crippen molar-refractivity contribution in [1.29, 1.82) is 0 Å². The van der Waals surface area contributed by atoms with Crippen LogP contribution in [-0.2, 0) is 13.6 Å². The van der Waals surface area contributed by atoms with E-state index in [0.717, 1.165) is 36.7 Å². The fourth-order valence-corrected chi connectivity index (χ4v) is 2.11. The van der Waals surface area contributed by atoms with Gasteiger partial charge in [0, 0.05) is 26.7 Å². The molecule has 0 radical (unpaired) electrons. The summed E-state index contributed by atoms with van der Waals surface area (Å²) >= 11 is 0. The lowest BCUT2D eigenvalue weighted by atomic mass is 10.2. The first-order valence-corrected chi connectivity index (χ1v) is 7.48. The molecule has 7 heteroatoms. The molecule has 0 amide bonds. The third-order valence-corrected chi connectivity index (χ3v) is 3.46. The van der Waals surface area contributed by atoms with Crippen LogP contribution in [0.1, 0.15) is 39.0 Å². The van der Waals surface area contributed by atoms with E-state index >= 15 is 0 Å². The molecule has 1 rings (SSSR count). The summed E-state index contributed by atoms with van der Waals surface area (Å²) in [5.74, 6) is 0.207. The topological polar surface area (TPSA) is 102 Å². The van der Waals surface area contributed by atoms with Gasteiger partial charge in [-0.25, -0.2) is 4.79 Å². The SMILES string of the molecule is CCCCn1c(N)c(NCCCCCO)c(=O)n(C)c1=O. The van der Waals surface area contributed by atoms with Crippen LogP contribution in [-0.4, -0.2) is 27.4 Å².